The van der Waals surface area contributed by atoms with E-state index in [1.807, 2.05) is 18.2 Å². The van der Waals surface area contributed by atoms with E-state index < -0.39 is 14.6 Å². The molecule has 2 aromatic rings. The number of halogens is 1. The van der Waals surface area contributed by atoms with Crippen molar-refractivity contribution in [3.8, 4) is 0 Å². The lowest BCUT2D eigenvalue weighted by Crippen LogP contribution is -2.57. The summed E-state index contributed by atoms with van der Waals surface area (Å²) in [6.07, 6.45) is 3.24. The van der Waals surface area contributed by atoms with Gasteiger partial charge in [0.25, 0.3) is 0 Å². The molecule has 30 heavy (non-hydrogen) atoms. The molecule has 0 amide bonds. The predicted octanol–water partition coefficient (Wildman–Crippen LogP) is 3.43. The summed E-state index contributed by atoms with van der Waals surface area (Å²) in [6, 6.07) is 15.0. The number of benzene rings is 2. The topological polar surface area (TPSA) is 40.6 Å². The number of sulfone groups is 1. The lowest BCUT2D eigenvalue weighted by atomic mass is 9.87. The van der Waals surface area contributed by atoms with E-state index >= 15 is 0 Å². The largest absolute Gasteiger partial charge is 0.303 e. The fourth-order valence-corrected chi connectivity index (χ4v) is 7.73. The van der Waals surface area contributed by atoms with E-state index in [1.165, 1.54) is 23.3 Å². The highest BCUT2D eigenvalue weighted by molar-refractivity contribution is 7.92. The number of hydrogen-bond donors (Lipinski definition) is 0. The van der Waals surface area contributed by atoms with Crippen molar-refractivity contribution < 1.29 is 12.8 Å². The highest BCUT2D eigenvalue weighted by atomic mass is 32.2. The molecule has 1 unspecified atom stereocenters. The molecule has 0 saturated carbocycles. The van der Waals surface area contributed by atoms with Crippen LogP contribution in [0, 0.1) is 5.82 Å². The third kappa shape index (κ3) is 3.49. The van der Waals surface area contributed by atoms with Crippen molar-refractivity contribution in [2.24, 2.45) is 0 Å². The highest BCUT2D eigenvalue weighted by Crippen LogP contribution is 2.40. The molecule has 0 aliphatic carbocycles. The minimum atomic E-state index is -3.17. The van der Waals surface area contributed by atoms with Crippen LogP contribution in [0.15, 0.2) is 48.5 Å². The smallest absolute Gasteiger partial charge is 0.157 e. The van der Waals surface area contributed by atoms with Crippen LogP contribution in [0.5, 0.6) is 0 Å². The summed E-state index contributed by atoms with van der Waals surface area (Å²) in [5.41, 5.74) is 3.52. The quantitative estimate of drug-likeness (QED) is 0.732. The Morgan fingerprint density at radius 2 is 1.60 bits per heavy atom. The molecule has 0 radical (unpaired) electrons. The standard InChI is InChI=1S/C24H29FN2O2S/c25-21-7-5-20(6-8-21)23-22-4-2-1-3-19(22)9-13-27(23)17-18-30(28,29)24-10-14-26(15-11-24)16-12-24/h1-8,23H,9-18H2. The molecule has 0 N–H and O–H groups in total. The van der Waals surface area contributed by atoms with Gasteiger partial charge in [-0.1, -0.05) is 36.4 Å². The summed E-state index contributed by atoms with van der Waals surface area (Å²) in [5, 5.41) is 0. The molecular weight excluding hydrogens is 399 g/mol. The van der Waals surface area contributed by atoms with Gasteiger partial charge in [0.15, 0.2) is 9.84 Å². The summed E-state index contributed by atoms with van der Waals surface area (Å²) in [7, 11) is -3.17. The Balaban J connectivity index is 1.41. The average molecular weight is 429 g/mol. The molecule has 2 aromatic carbocycles. The van der Waals surface area contributed by atoms with E-state index in [0.717, 1.165) is 57.4 Å². The molecular formula is C24H29FN2O2S. The Morgan fingerprint density at radius 1 is 0.933 bits per heavy atom. The van der Waals surface area contributed by atoms with E-state index in [0.29, 0.717) is 6.54 Å². The molecule has 4 nitrogen and oxygen atoms in total. The molecule has 4 aliphatic heterocycles. The zero-order chi connectivity index (χ0) is 20.8. The van der Waals surface area contributed by atoms with Crippen LogP contribution in [0.4, 0.5) is 4.39 Å². The van der Waals surface area contributed by atoms with Crippen LogP contribution >= 0.6 is 0 Å². The first-order chi connectivity index (χ1) is 14.5. The van der Waals surface area contributed by atoms with E-state index in [2.05, 4.69) is 28.0 Å². The van der Waals surface area contributed by atoms with Crippen molar-refractivity contribution in [1.82, 2.24) is 9.80 Å². The Morgan fingerprint density at radius 3 is 2.30 bits per heavy atom. The first-order valence-electron chi connectivity index (χ1n) is 11.0. The van der Waals surface area contributed by atoms with Gasteiger partial charge in [-0.25, -0.2) is 12.8 Å². The van der Waals surface area contributed by atoms with Crippen molar-refractivity contribution in [2.75, 3.05) is 38.5 Å². The number of nitrogens with zero attached hydrogens (tertiary/aromatic N) is 2. The summed E-state index contributed by atoms with van der Waals surface area (Å²) in [4.78, 5) is 4.66. The first-order valence-corrected chi connectivity index (χ1v) is 12.6. The van der Waals surface area contributed by atoms with Gasteiger partial charge in [-0.05, 0) is 74.1 Å². The van der Waals surface area contributed by atoms with Gasteiger partial charge in [-0.2, -0.15) is 0 Å². The molecule has 6 heteroatoms. The fourth-order valence-electron chi connectivity index (χ4n) is 5.61. The maximum atomic E-state index is 13.5. The van der Waals surface area contributed by atoms with E-state index in [1.54, 1.807) is 0 Å². The maximum absolute atomic E-state index is 13.5. The van der Waals surface area contributed by atoms with Crippen molar-refractivity contribution in [1.29, 1.82) is 0 Å². The molecule has 0 spiro atoms. The van der Waals surface area contributed by atoms with Gasteiger partial charge in [-0.15, -0.1) is 0 Å². The molecule has 3 fully saturated rings. The van der Waals surface area contributed by atoms with Gasteiger partial charge in [0.2, 0.25) is 0 Å². The Hall–Kier alpha value is -1.76. The van der Waals surface area contributed by atoms with Gasteiger partial charge in [-0.3, -0.25) is 4.90 Å². The molecule has 0 aromatic heterocycles. The minimum Gasteiger partial charge on any atom is -0.303 e. The van der Waals surface area contributed by atoms with Gasteiger partial charge in [0.05, 0.1) is 16.5 Å². The molecule has 4 aliphatic rings. The number of hydrogen-bond acceptors (Lipinski definition) is 4. The monoisotopic (exact) mass is 428 g/mol. The normalized spacial score (nSPS) is 29.0. The summed E-state index contributed by atoms with van der Waals surface area (Å²) >= 11 is 0. The van der Waals surface area contributed by atoms with Crippen LogP contribution in [0.1, 0.15) is 42.0 Å². The third-order valence-electron chi connectivity index (χ3n) is 7.53. The lowest BCUT2D eigenvalue weighted by Gasteiger charge is -2.48. The molecule has 1 atom stereocenters. The first kappa shape index (κ1) is 20.2. The minimum absolute atomic E-state index is 0.0311. The van der Waals surface area contributed by atoms with Crippen LogP contribution in [-0.2, 0) is 16.3 Å². The van der Waals surface area contributed by atoms with Crippen molar-refractivity contribution in [2.45, 2.75) is 36.5 Å². The van der Waals surface area contributed by atoms with Gasteiger partial charge in [0, 0.05) is 13.1 Å². The second-order valence-electron chi connectivity index (χ2n) is 9.03. The SMILES string of the molecule is O=S(=O)(CCN1CCc2ccccc2C1c1ccc(F)cc1)C12CCN(CC1)CC2. The van der Waals surface area contributed by atoms with Gasteiger partial charge >= 0.3 is 0 Å². The van der Waals surface area contributed by atoms with Crippen LogP contribution in [0.25, 0.3) is 0 Å². The van der Waals surface area contributed by atoms with Crippen LogP contribution in [0.2, 0.25) is 0 Å². The molecule has 4 heterocycles. The highest BCUT2D eigenvalue weighted by Gasteiger charge is 2.49. The Labute approximate surface area is 178 Å². The van der Waals surface area contributed by atoms with Crippen LogP contribution < -0.4 is 0 Å². The van der Waals surface area contributed by atoms with Gasteiger partial charge < -0.3 is 4.90 Å². The van der Waals surface area contributed by atoms with Crippen molar-refractivity contribution in [3.05, 3.63) is 71.0 Å². The number of piperidine rings is 3. The fraction of sp³-hybridized carbons (Fsp3) is 0.500. The van der Waals surface area contributed by atoms with Crippen LogP contribution in [-0.4, -0.2) is 61.4 Å². The van der Waals surface area contributed by atoms with Crippen LogP contribution in [0.3, 0.4) is 0 Å². The van der Waals surface area contributed by atoms with Crippen molar-refractivity contribution >= 4 is 9.84 Å². The lowest BCUT2D eigenvalue weighted by molar-refractivity contribution is 0.125. The third-order valence-corrected chi connectivity index (χ3v) is 10.2. The molecule has 6 rings (SSSR count). The second kappa shape index (κ2) is 7.74. The average Bonchev–Trinajstić information content (AvgIpc) is 2.79. The predicted molar refractivity (Wildman–Crippen MR) is 117 cm³/mol. The Kier molecular flexibility index (Phi) is 5.20. The zero-order valence-corrected chi connectivity index (χ0v) is 18.1. The number of rotatable bonds is 5. The molecule has 160 valence electrons. The van der Waals surface area contributed by atoms with E-state index in [4.69, 9.17) is 0 Å². The van der Waals surface area contributed by atoms with Gasteiger partial charge in [0.1, 0.15) is 5.82 Å². The molecule has 2 bridgehead atoms. The Bertz CT molecular complexity index is 1000. The summed E-state index contributed by atoms with van der Waals surface area (Å²) in [6.45, 7) is 4.07. The summed E-state index contributed by atoms with van der Waals surface area (Å²) in [5.74, 6) is -0.0490. The summed E-state index contributed by atoms with van der Waals surface area (Å²) < 4.78 is 39.9. The second-order valence-corrected chi connectivity index (χ2v) is 11.5. The number of fused-ring (bicyclic) bond motifs is 4. The molecule has 3 saturated heterocycles. The zero-order valence-electron chi connectivity index (χ0n) is 17.3. The maximum Gasteiger partial charge on any atom is 0.157 e. The van der Waals surface area contributed by atoms with E-state index in [9.17, 15) is 12.8 Å². The van der Waals surface area contributed by atoms with Crippen molar-refractivity contribution in [3.63, 3.8) is 0 Å². The van der Waals surface area contributed by atoms with E-state index in [-0.39, 0.29) is 17.6 Å².